The number of nitro benzene ring substituents is 1. The summed E-state index contributed by atoms with van der Waals surface area (Å²) in [6.07, 6.45) is 0. The van der Waals surface area contributed by atoms with Crippen molar-refractivity contribution in [2.45, 2.75) is 12.5 Å². The quantitative estimate of drug-likeness (QED) is 0.393. The highest BCUT2D eigenvalue weighted by Gasteiger charge is 2.43. The zero-order chi connectivity index (χ0) is 20.3. The first-order valence-corrected chi connectivity index (χ1v) is 8.20. The molecule has 3 rings (SSSR count). The molecule has 28 heavy (non-hydrogen) atoms. The summed E-state index contributed by atoms with van der Waals surface area (Å²) < 4.78 is 5.24. The molecular weight excluding hydrogens is 368 g/mol. The van der Waals surface area contributed by atoms with E-state index in [1.807, 2.05) is 0 Å². The maximum atomic E-state index is 12.1. The fraction of sp³-hybridized carbons (Fsp3) is 0.167. The molecule has 0 radical (unpaired) electrons. The zero-order valence-electron chi connectivity index (χ0n) is 14.7. The van der Waals surface area contributed by atoms with E-state index in [4.69, 9.17) is 4.74 Å². The molecule has 2 aromatic carbocycles. The molecule has 0 bridgehead atoms. The van der Waals surface area contributed by atoms with Crippen LogP contribution in [0.5, 0.6) is 5.75 Å². The molecule has 0 aliphatic carbocycles. The van der Waals surface area contributed by atoms with Crippen molar-refractivity contribution in [1.82, 2.24) is 10.6 Å². The van der Waals surface area contributed by atoms with Crippen molar-refractivity contribution in [3.8, 4) is 5.75 Å². The third kappa shape index (κ3) is 3.75. The van der Waals surface area contributed by atoms with Crippen LogP contribution in [0, 0.1) is 10.1 Å². The Hall–Kier alpha value is -3.95. The number of benzene rings is 2. The van der Waals surface area contributed by atoms with E-state index in [0.29, 0.717) is 11.3 Å². The number of para-hydroxylation sites is 2. The molecular formula is C18H16N4O6. The summed E-state index contributed by atoms with van der Waals surface area (Å²) in [7, 11) is 0. The minimum absolute atomic E-state index is 0.0192. The number of urea groups is 1. The number of rotatable bonds is 6. The van der Waals surface area contributed by atoms with Crippen molar-refractivity contribution in [2.24, 2.45) is 0 Å². The van der Waals surface area contributed by atoms with E-state index < -0.39 is 34.9 Å². The summed E-state index contributed by atoms with van der Waals surface area (Å²) in [5.74, 6) is -1.06. The summed E-state index contributed by atoms with van der Waals surface area (Å²) >= 11 is 0. The maximum absolute atomic E-state index is 12.1. The molecule has 1 aliphatic rings. The second-order valence-electron chi connectivity index (χ2n) is 6.18. The molecule has 1 aliphatic heterocycles. The minimum atomic E-state index is -1.25. The highest BCUT2D eigenvalue weighted by atomic mass is 16.6. The zero-order valence-corrected chi connectivity index (χ0v) is 14.7. The van der Waals surface area contributed by atoms with Gasteiger partial charge >= 0.3 is 11.7 Å². The molecule has 1 unspecified atom stereocenters. The van der Waals surface area contributed by atoms with Gasteiger partial charge in [-0.2, -0.15) is 0 Å². The molecule has 2 aromatic rings. The topological polar surface area (TPSA) is 140 Å². The number of imide groups is 1. The van der Waals surface area contributed by atoms with Crippen LogP contribution >= 0.6 is 0 Å². The Morgan fingerprint density at radius 1 is 1.21 bits per heavy atom. The Morgan fingerprint density at radius 2 is 1.96 bits per heavy atom. The van der Waals surface area contributed by atoms with Crippen LogP contribution in [0.4, 0.5) is 16.2 Å². The van der Waals surface area contributed by atoms with Gasteiger partial charge in [0.15, 0.2) is 12.4 Å². The lowest BCUT2D eigenvalue weighted by Crippen LogP contribution is -2.40. The average molecular weight is 384 g/mol. The second kappa shape index (κ2) is 7.35. The Labute approximate surface area is 159 Å². The Bertz CT molecular complexity index is 976. The van der Waals surface area contributed by atoms with Crippen molar-refractivity contribution < 1.29 is 24.0 Å². The van der Waals surface area contributed by atoms with E-state index in [2.05, 4.69) is 16.0 Å². The number of anilines is 1. The lowest BCUT2D eigenvalue weighted by atomic mass is 9.92. The first-order chi connectivity index (χ1) is 13.3. The summed E-state index contributed by atoms with van der Waals surface area (Å²) in [5, 5.41) is 18.3. The van der Waals surface area contributed by atoms with E-state index in [0.717, 1.165) is 0 Å². The van der Waals surface area contributed by atoms with Gasteiger partial charge < -0.3 is 15.4 Å². The molecule has 1 heterocycles. The molecule has 1 atom stereocenters. The maximum Gasteiger partial charge on any atom is 0.322 e. The van der Waals surface area contributed by atoms with Crippen LogP contribution < -0.4 is 20.7 Å². The molecule has 0 saturated carbocycles. The van der Waals surface area contributed by atoms with Gasteiger partial charge in [-0.15, -0.1) is 0 Å². The van der Waals surface area contributed by atoms with Gasteiger partial charge in [-0.1, -0.05) is 24.3 Å². The number of hydrogen-bond acceptors (Lipinski definition) is 6. The van der Waals surface area contributed by atoms with Crippen molar-refractivity contribution in [1.29, 1.82) is 0 Å². The lowest BCUT2D eigenvalue weighted by Gasteiger charge is -2.21. The number of ether oxygens (including phenoxy) is 1. The van der Waals surface area contributed by atoms with Gasteiger partial charge in [0.2, 0.25) is 0 Å². The fourth-order valence-corrected chi connectivity index (χ4v) is 2.72. The van der Waals surface area contributed by atoms with Crippen LogP contribution in [0.3, 0.4) is 0 Å². The van der Waals surface area contributed by atoms with Gasteiger partial charge in [-0.25, -0.2) is 4.79 Å². The third-order valence-electron chi connectivity index (χ3n) is 4.19. The third-order valence-corrected chi connectivity index (χ3v) is 4.19. The molecule has 10 heteroatoms. The number of nitro groups is 1. The fourth-order valence-electron chi connectivity index (χ4n) is 2.72. The Kier molecular flexibility index (Phi) is 4.94. The van der Waals surface area contributed by atoms with E-state index in [9.17, 15) is 24.5 Å². The Morgan fingerprint density at radius 3 is 2.64 bits per heavy atom. The van der Waals surface area contributed by atoms with Gasteiger partial charge in [0, 0.05) is 11.8 Å². The number of nitrogens with one attached hydrogen (secondary N) is 3. The Balaban J connectivity index is 1.68. The van der Waals surface area contributed by atoms with Crippen molar-refractivity contribution in [3.05, 3.63) is 64.2 Å². The standard InChI is InChI=1S/C18H16N4O6/c1-18(16(24)20-17(25)21-18)11-5-4-6-12(9-11)19-15(23)10-28-14-8-3-2-7-13(14)22(26)27/h2-9H,10H2,1H3,(H,19,23)(H2,20,21,24,25). The SMILES string of the molecule is CC1(c2cccc(NC(=O)COc3ccccc3[N+](=O)[O-])c2)NC(=O)NC1=O. The number of nitrogens with zero attached hydrogens (tertiary/aromatic N) is 1. The van der Waals surface area contributed by atoms with Crippen LogP contribution in [0.15, 0.2) is 48.5 Å². The minimum Gasteiger partial charge on any atom is -0.477 e. The van der Waals surface area contributed by atoms with Crippen LogP contribution in [-0.2, 0) is 15.1 Å². The summed E-state index contributed by atoms with van der Waals surface area (Å²) in [5.41, 5.74) is -0.635. The summed E-state index contributed by atoms with van der Waals surface area (Å²) in [6, 6.07) is 11.5. The predicted molar refractivity (Wildman–Crippen MR) is 97.7 cm³/mol. The van der Waals surface area contributed by atoms with Gasteiger partial charge in [-0.3, -0.25) is 25.0 Å². The van der Waals surface area contributed by atoms with Crippen LogP contribution in [0.1, 0.15) is 12.5 Å². The molecule has 0 spiro atoms. The highest BCUT2D eigenvalue weighted by Crippen LogP contribution is 2.27. The molecule has 0 aromatic heterocycles. The smallest absolute Gasteiger partial charge is 0.322 e. The van der Waals surface area contributed by atoms with Gasteiger partial charge in [0.05, 0.1) is 4.92 Å². The molecule has 1 saturated heterocycles. The van der Waals surface area contributed by atoms with Crippen LogP contribution in [0.25, 0.3) is 0 Å². The molecule has 3 N–H and O–H groups in total. The van der Waals surface area contributed by atoms with E-state index in [-0.39, 0.29) is 11.4 Å². The highest BCUT2D eigenvalue weighted by molar-refractivity contribution is 6.07. The van der Waals surface area contributed by atoms with Crippen molar-refractivity contribution in [2.75, 3.05) is 11.9 Å². The first kappa shape index (κ1) is 18.8. The van der Waals surface area contributed by atoms with E-state index in [1.54, 1.807) is 37.3 Å². The van der Waals surface area contributed by atoms with Gasteiger partial charge in [0.25, 0.3) is 11.8 Å². The number of carbonyl (C=O) groups is 3. The second-order valence-corrected chi connectivity index (χ2v) is 6.18. The van der Waals surface area contributed by atoms with E-state index >= 15 is 0 Å². The van der Waals surface area contributed by atoms with Crippen LogP contribution in [-0.4, -0.2) is 29.4 Å². The predicted octanol–water partition coefficient (Wildman–Crippen LogP) is 1.67. The summed E-state index contributed by atoms with van der Waals surface area (Å²) in [6.45, 7) is 1.11. The lowest BCUT2D eigenvalue weighted by molar-refractivity contribution is -0.385. The molecule has 1 fully saturated rings. The molecule has 144 valence electrons. The summed E-state index contributed by atoms with van der Waals surface area (Å²) in [4.78, 5) is 46.0. The number of hydrogen-bond donors (Lipinski definition) is 3. The first-order valence-electron chi connectivity index (χ1n) is 8.20. The van der Waals surface area contributed by atoms with Crippen molar-refractivity contribution in [3.63, 3.8) is 0 Å². The number of carbonyl (C=O) groups excluding carboxylic acids is 3. The largest absolute Gasteiger partial charge is 0.477 e. The van der Waals surface area contributed by atoms with E-state index in [1.165, 1.54) is 18.2 Å². The number of amides is 4. The molecule has 4 amide bonds. The average Bonchev–Trinajstić information content (AvgIpc) is 2.93. The normalized spacial score (nSPS) is 18.2. The van der Waals surface area contributed by atoms with Crippen molar-refractivity contribution >= 4 is 29.2 Å². The monoisotopic (exact) mass is 384 g/mol. The molecule has 10 nitrogen and oxygen atoms in total. The van der Waals surface area contributed by atoms with Crippen LogP contribution in [0.2, 0.25) is 0 Å². The van der Waals surface area contributed by atoms with Gasteiger partial charge in [-0.05, 0) is 30.7 Å². The van der Waals surface area contributed by atoms with Gasteiger partial charge in [0.1, 0.15) is 5.54 Å².